The second-order valence-electron chi connectivity index (χ2n) is 10.3. The fourth-order valence-electron chi connectivity index (χ4n) is 4.79. The fourth-order valence-corrected chi connectivity index (χ4v) is 7.78. The molecule has 0 amide bonds. The number of thiophene rings is 1. The fraction of sp³-hybridized carbons (Fsp3) is 0.147. The van der Waals surface area contributed by atoms with Crippen molar-refractivity contribution >= 4 is 48.5 Å². The zero-order valence-electron chi connectivity index (χ0n) is 23.3. The lowest BCUT2D eigenvalue weighted by molar-refractivity contribution is 0.175. The van der Waals surface area contributed by atoms with Crippen LogP contribution in [0.15, 0.2) is 119 Å². The van der Waals surface area contributed by atoms with Gasteiger partial charge in [-0.25, -0.2) is 13.4 Å². The Hall–Kier alpha value is -3.86. The van der Waals surface area contributed by atoms with E-state index in [1.54, 1.807) is 46.9 Å². The number of nitrogens with zero attached hydrogens (tertiary/aromatic N) is 1. The molecule has 218 valence electrons. The SMILES string of the molecule is O=S(=O)(Nc1ccc(CCNC[C@H](O)c2ccccc2)cc1)c1ccc(Cc2nc(-c3cc4ccccc4s3)cs2)cc1. The van der Waals surface area contributed by atoms with Gasteiger partial charge < -0.3 is 10.4 Å². The molecule has 0 saturated carbocycles. The Kier molecular flexibility index (Phi) is 8.97. The summed E-state index contributed by atoms with van der Waals surface area (Å²) in [7, 11) is -3.72. The van der Waals surface area contributed by atoms with Gasteiger partial charge in [-0.1, -0.05) is 72.8 Å². The Morgan fingerprint density at radius 1 is 0.837 bits per heavy atom. The second kappa shape index (κ2) is 13.2. The molecule has 9 heteroatoms. The lowest BCUT2D eigenvalue weighted by Gasteiger charge is -2.12. The van der Waals surface area contributed by atoms with E-state index in [1.165, 1.54) is 10.1 Å². The molecule has 0 unspecified atom stereocenters. The van der Waals surface area contributed by atoms with Gasteiger partial charge in [0.2, 0.25) is 0 Å². The van der Waals surface area contributed by atoms with Crippen LogP contribution in [0, 0.1) is 0 Å². The topological polar surface area (TPSA) is 91.3 Å². The monoisotopic (exact) mass is 625 g/mol. The van der Waals surface area contributed by atoms with Crippen LogP contribution in [0.2, 0.25) is 0 Å². The third-order valence-corrected chi connectivity index (χ3v) is 10.5. The van der Waals surface area contributed by atoms with E-state index < -0.39 is 16.1 Å². The molecule has 0 aliphatic rings. The molecule has 0 spiro atoms. The van der Waals surface area contributed by atoms with Crippen LogP contribution >= 0.6 is 22.7 Å². The van der Waals surface area contributed by atoms with Crippen molar-refractivity contribution in [2.24, 2.45) is 0 Å². The summed E-state index contributed by atoms with van der Waals surface area (Å²) in [6.45, 7) is 1.17. The van der Waals surface area contributed by atoms with E-state index in [1.807, 2.05) is 66.7 Å². The maximum Gasteiger partial charge on any atom is 0.261 e. The number of benzene rings is 4. The highest BCUT2D eigenvalue weighted by atomic mass is 32.2. The summed E-state index contributed by atoms with van der Waals surface area (Å²) in [5.41, 5.74) is 4.46. The quantitative estimate of drug-likeness (QED) is 0.124. The lowest BCUT2D eigenvalue weighted by Crippen LogP contribution is -2.23. The summed E-state index contributed by atoms with van der Waals surface area (Å²) >= 11 is 3.36. The molecule has 6 rings (SSSR count). The molecule has 6 aromatic rings. The summed E-state index contributed by atoms with van der Waals surface area (Å²) < 4.78 is 30.0. The highest BCUT2D eigenvalue weighted by molar-refractivity contribution is 7.92. The predicted octanol–water partition coefficient (Wildman–Crippen LogP) is 7.28. The molecule has 4 aromatic carbocycles. The molecular weight excluding hydrogens is 595 g/mol. The Morgan fingerprint density at radius 3 is 2.33 bits per heavy atom. The van der Waals surface area contributed by atoms with Gasteiger partial charge in [0.05, 0.1) is 26.6 Å². The Balaban J connectivity index is 1.00. The molecule has 43 heavy (non-hydrogen) atoms. The minimum Gasteiger partial charge on any atom is -0.387 e. The summed E-state index contributed by atoms with van der Waals surface area (Å²) in [6, 6.07) is 34.4. The van der Waals surface area contributed by atoms with Crippen LogP contribution in [0.5, 0.6) is 0 Å². The first-order valence-corrected chi connectivity index (χ1v) is 17.2. The van der Waals surface area contributed by atoms with Gasteiger partial charge in [-0.2, -0.15) is 0 Å². The van der Waals surface area contributed by atoms with Crippen LogP contribution in [0.3, 0.4) is 0 Å². The molecule has 2 aromatic heterocycles. The second-order valence-corrected chi connectivity index (χ2v) is 14.0. The van der Waals surface area contributed by atoms with Crippen molar-refractivity contribution in [2.45, 2.75) is 23.8 Å². The van der Waals surface area contributed by atoms with Gasteiger partial charge in [0.1, 0.15) is 0 Å². The molecule has 6 nitrogen and oxygen atoms in total. The minimum atomic E-state index is -3.72. The summed E-state index contributed by atoms with van der Waals surface area (Å²) in [5, 5.41) is 17.8. The number of aliphatic hydroxyl groups is 1. The molecule has 1 atom stereocenters. The summed E-state index contributed by atoms with van der Waals surface area (Å²) in [4.78, 5) is 6.20. The highest BCUT2D eigenvalue weighted by Gasteiger charge is 2.15. The minimum absolute atomic E-state index is 0.214. The molecule has 0 aliphatic heterocycles. The molecule has 0 radical (unpaired) electrons. The van der Waals surface area contributed by atoms with E-state index >= 15 is 0 Å². The Bertz CT molecular complexity index is 1870. The third kappa shape index (κ3) is 7.38. The number of nitrogens with one attached hydrogen (secondary N) is 2. The van der Waals surface area contributed by atoms with Crippen LogP contribution in [0.25, 0.3) is 20.7 Å². The number of thiazole rings is 1. The zero-order chi connectivity index (χ0) is 29.6. The van der Waals surface area contributed by atoms with E-state index in [9.17, 15) is 13.5 Å². The average molecular weight is 626 g/mol. The number of hydrogen-bond acceptors (Lipinski definition) is 7. The van der Waals surface area contributed by atoms with Crippen molar-refractivity contribution in [2.75, 3.05) is 17.8 Å². The summed E-state index contributed by atoms with van der Waals surface area (Å²) in [6.07, 6.45) is 0.857. The van der Waals surface area contributed by atoms with Crippen molar-refractivity contribution in [3.8, 4) is 10.6 Å². The number of hydrogen-bond donors (Lipinski definition) is 3. The van der Waals surface area contributed by atoms with Crippen molar-refractivity contribution in [3.05, 3.63) is 136 Å². The van der Waals surface area contributed by atoms with Gasteiger partial charge in [-0.05, 0) is 71.4 Å². The maximum absolute atomic E-state index is 13.0. The van der Waals surface area contributed by atoms with Crippen molar-refractivity contribution in [3.63, 3.8) is 0 Å². The van der Waals surface area contributed by atoms with Crippen LogP contribution in [0.1, 0.15) is 27.8 Å². The van der Waals surface area contributed by atoms with Gasteiger partial charge in [0.15, 0.2) is 0 Å². The normalized spacial score (nSPS) is 12.4. The largest absolute Gasteiger partial charge is 0.387 e. The van der Waals surface area contributed by atoms with Gasteiger partial charge in [-0.3, -0.25) is 4.72 Å². The Labute approximate surface area is 259 Å². The molecule has 0 bridgehead atoms. The molecule has 0 saturated heterocycles. The molecule has 3 N–H and O–H groups in total. The van der Waals surface area contributed by atoms with E-state index in [0.29, 0.717) is 25.2 Å². The van der Waals surface area contributed by atoms with E-state index in [-0.39, 0.29) is 4.90 Å². The van der Waals surface area contributed by atoms with Crippen molar-refractivity contribution < 1.29 is 13.5 Å². The van der Waals surface area contributed by atoms with Crippen LogP contribution < -0.4 is 10.0 Å². The first-order chi connectivity index (χ1) is 20.9. The summed E-state index contributed by atoms with van der Waals surface area (Å²) in [5.74, 6) is 0. The number of fused-ring (bicyclic) bond motifs is 1. The van der Waals surface area contributed by atoms with Gasteiger partial charge in [0.25, 0.3) is 10.0 Å². The molecule has 2 heterocycles. The number of aromatic nitrogens is 1. The van der Waals surface area contributed by atoms with E-state index in [4.69, 9.17) is 4.98 Å². The number of aliphatic hydroxyl groups excluding tert-OH is 1. The van der Waals surface area contributed by atoms with Gasteiger partial charge in [0, 0.05) is 28.7 Å². The molecule has 0 fully saturated rings. The van der Waals surface area contributed by atoms with E-state index in [2.05, 4.69) is 33.6 Å². The lowest BCUT2D eigenvalue weighted by atomic mass is 10.1. The average Bonchev–Trinajstić information content (AvgIpc) is 3.68. The van der Waals surface area contributed by atoms with Crippen LogP contribution in [0.4, 0.5) is 5.69 Å². The number of anilines is 1. The zero-order valence-corrected chi connectivity index (χ0v) is 25.8. The Morgan fingerprint density at radius 2 is 1.56 bits per heavy atom. The first kappa shape index (κ1) is 29.2. The highest BCUT2D eigenvalue weighted by Crippen LogP contribution is 2.34. The van der Waals surface area contributed by atoms with Gasteiger partial charge >= 0.3 is 0 Å². The van der Waals surface area contributed by atoms with E-state index in [0.717, 1.165) is 38.7 Å². The first-order valence-electron chi connectivity index (χ1n) is 14.0. The number of rotatable bonds is 12. The smallest absolute Gasteiger partial charge is 0.261 e. The molecular formula is C34H31N3O3S3. The number of sulfonamides is 1. The van der Waals surface area contributed by atoms with Gasteiger partial charge in [-0.15, -0.1) is 22.7 Å². The predicted molar refractivity (Wildman–Crippen MR) is 177 cm³/mol. The van der Waals surface area contributed by atoms with Crippen molar-refractivity contribution in [1.82, 2.24) is 10.3 Å². The molecule has 0 aliphatic carbocycles. The van der Waals surface area contributed by atoms with Crippen molar-refractivity contribution in [1.29, 1.82) is 0 Å². The maximum atomic E-state index is 13.0. The standard InChI is InChI=1S/C34H31N3O3S3/c38-31(26-6-2-1-3-7-26)22-35-19-18-24-10-14-28(15-11-24)37-43(39,40)29-16-12-25(13-17-29)20-34-36-30(23-41-34)33-21-27-8-4-5-9-32(27)42-33/h1-17,21,23,31,35,37-38H,18-20,22H2/t31-/m0/s1. The van der Waals surface area contributed by atoms with Crippen LogP contribution in [-0.4, -0.2) is 31.6 Å². The third-order valence-electron chi connectivity index (χ3n) is 7.14. The van der Waals surface area contributed by atoms with Crippen LogP contribution in [-0.2, 0) is 22.9 Å².